The zero-order chi connectivity index (χ0) is 25.3. The van der Waals surface area contributed by atoms with Crippen LogP contribution in [0.25, 0.3) is 0 Å². The molecule has 9 heteroatoms. The first-order valence-electron chi connectivity index (χ1n) is 13.1. The molecule has 0 amide bonds. The number of hydrogen-bond acceptors (Lipinski definition) is 6. The summed E-state index contributed by atoms with van der Waals surface area (Å²) in [6, 6.07) is 11.3. The van der Waals surface area contributed by atoms with Crippen molar-refractivity contribution < 1.29 is 18.6 Å². The second-order valence-electron chi connectivity index (χ2n) is 9.84. The van der Waals surface area contributed by atoms with Gasteiger partial charge in [-0.15, -0.1) is 34.0 Å². The van der Waals surface area contributed by atoms with Gasteiger partial charge in [-0.25, -0.2) is 8.42 Å². The minimum Gasteiger partial charge on any atom is -0.504 e. The van der Waals surface area contributed by atoms with Gasteiger partial charge in [0.1, 0.15) is 0 Å². The maximum atomic E-state index is 11.7. The predicted molar refractivity (Wildman–Crippen MR) is 163 cm³/mol. The van der Waals surface area contributed by atoms with Crippen LogP contribution in [-0.2, 0) is 29.1 Å². The van der Waals surface area contributed by atoms with Crippen LogP contribution in [0.3, 0.4) is 0 Å². The van der Waals surface area contributed by atoms with Crippen molar-refractivity contribution in [3.05, 3.63) is 53.1 Å². The Bertz CT molecular complexity index is 1070. The molecule has 0 heterocycles. The van der Waals surface area contributed by atoms with E-state index in [0.29, 0.717) is 10.9 Å². The molecule has 1 aliphatic carbocycles. The lowest BCUT2D eigenvalue weighted by molar-refractivity contribution is 0.175. The van der Waals surface area contributed by atoms with Gasteiger partial charge < -0.3 is 20.4 Å². The SMILES string of the molecule is Br.Br.CCCN(CCCCCCNCCc1cccc(S(C)(=O)=O)c1)[C@H]1CCc2c(ccc(O)c2O)C1. The molecule has 3 N–H and O–H groups in total. The van der Waals surface area contributed by atoms with Crippen LogP contribution in [0.5, 0.6) is 11.5 Å². The minimum absolute atomic E-state index is 0. The number of aromatic hydroxyl groups is 2. The van der Waals surface area contributed by atoms with Gasteiger partial charge in [0.05, 0.1) is 4.90 Å². The summed E-state index contributed by atoms with van der Waals surface area (Å²) < 4.78 is 23.4. The smallest absolute Gasteiger partial charge is 0.175 e. The molecule has 0 radical (unpaired) electrons. The molecule has 2 aromatic rings. The number of unbranched alkanes of at least 4 members (excludes halogenated alkanes) is 3. The zero-order valence-corrected chi connectivity index (χ0v) is 26.4. The van der Waals surface area contributed by atoms with E-state index in [1.807, 2.05) is 18.2 Å². The van der Waals surface area contributed by atoms with Gasteiger partial charge in [-0.05, 0) is 100 Å². The lowest BCUT2D eigenvalue weighted by Gasteiger charge is -2.35. The first kappa shape index (κ1) is 33.9. The Kier molecular flexibility index (Phi) is 15.3. The maximum absolute atomic E-state index is 11.7. The molecule has 1 atom stereocenters. The van der Waals surface area contributed by atoms with Crippen molar-refractivity contribution in [3.63, 3.8) is 0 Å². The lowest BCUT2D eigenvalue weighted by Crippen LogP contribution is -2.40. The van der Waals surface area contributed by atoms with Gasteiger partial charge in [0.25, 0.3) is 0 Å². The van der Waals surface area contributed by atoms with Gasteiger partial charge in [0.15, 0.2) is 21.3 Å². The van der Waals surface area contributed by atoms with E-state index < -0.39 is 9.84 Å². The summed E-state index contributed by atoms with van der Waals surface area (Å²) >= 11 is 0. The standard InChI is InChI=1S/C28H42N2O4S.2BrH/c1-3-18-30(24-12-13-26-23(21-24)11-14-27(31)28(26)32)19-7-5-4-6-16-29-17-15-22-9-8-10-25(20-22)35(2,33)34;;/h8-11,14,20,24,29,31-32H,3-7,12-13,15-19,21H2,1-2H3;2*1H/t24-;;/m0../s1. The Morgan fingerprint density at radius 3 is 2.49 bits per heavy atom. The first-order valence-corrected chi connectivity index (χ1v) is 14.9. The van der Waals surface area contributed by atoms with Crippen molar-refractivity contribution in [1.82, 2.24) is 10.2 Å². The van der Waals surface area contributed by atoms with Crippen molar-refractivity contribution >= 4 is 43.8 Å². The molecule has 6 nitrogen and oxygen atoms in total. The van der Waals surface area contributed by atoms with Crippen LogP contribution in [0.4, 0.5) is 0 Å². The average Bonchev–Trinajstić information content (AvgIpc) is 2.84. The highest BCUT2D eigenvalue weighted by atomic mass is 79.9. The van der Waals surface area contributed by atoms with E-state index in [-0.39, 0.29) is 45.5 Å². The molecule has 0 unspecified atom stereocenters. The summed E-state index contributed by atoms with van der Waals surface area (Å²) in [7, 11) is -3.15. The third kappa shape index (κ3) is 10.5. The van der Waals surface area contributed by atoms with Crippen molar-refractivity contribution in [2.24, 2.45) is 0 Å². The van der Waals surface area contributed by atoms with Crippen molar-refractivity contribution in [3.8, 4) is 11.5 Å². The Hall–Kier alpha value is -1.13. The Morgan fingerprint density at radius 2 is 1.76 bits per heavy atom. The summed E-state index contributed by atoms with van der Waals surface area (Å²) in [4.78, 5) is 3.01. The van der Waals surface area contributed by atoms with Crippen LogP contribution >= 0.6 is 34.0 Å². The number of hydrogen-bond donors (Lipinski definition) is 3. The molecule has 0 aliphatic heterocycles. The van der Waals surface area contributed by atoms with E-state index in [1.54, 1.807) is 18.2 Å². The maximum Gasteiger partial charge on any atom is 0.175 e. The molecule has 0 fully saturated rings. The zero-order valence-electron chi connectivity index (χ0n) is 22.1. The van der Waals surface area contributed by atoms with Crippen LogP contribution in [-0.4, -0.2) is 62.0 Å². The fourth-order valence-electron chi connectivity index (χ4n) is 5.09. The highest BCUT2D eigenvalue weighted by Crippen LogP contribution is 2.36. The number of phenolic OH excluding ortho intramolecular Hbond substituents is 2. The third-order valence-corrected chi connectivity index (χ3v) is 8.14. The van der Waals surface area contributed by atoms with Gasteiger partial charge in [0.2, 0.25) is 0 Å². The molecular formula is C28H44Br2N2O4S. The monoisotopic (exact) mass is 662 g/mol. The summed E-state index contributed by atoms with van der Waals surface area (Å²) in [5.41, 5.74) is 3.15. The predicted octanol–water partition coefficient (Wildman–Crippen LogP) is 5.62. The number of phenols is 2. The number of fused-ring (bicyclic) bond motifs is 1. The Labute approximate surface area is 244 Å². The van der Waals surface area contributed by atoms with Crippen LogP contribution in [0.15, 0.2) is 41.3 Å². The minimum atomic E-state index is -3.15. The second-order valence-corrected chi connectivity index (χ2v) is 11.9. The molecule has 0 bridgehead atoms. The van der Waals surface area contributed by atoms with Crippen LogP contribution in [0.1, 0.15) is 62.1 Å². The largest absolute Gasteiger partial charge is 0.504 e. The second kappa shape index (κ2) is 16.7. The van der Waals surface area contributed by atoms with E-state index in [1.165, 1.54) is 31.1 Å². The third-order valence-electron chi connectivity index (χ3n) is 7.03. The Balaban J connectivity index is 0.00000342. The van der Waals surface area contributed by atoms with E-state index in [9.17, 15) is 18.6 Å². The number of benzene rings is 2. The summed E-state index contributed by atoms with van der Waals surface area (Å²) in [5, 5.41) is 23.4. The van der Waals surface area contributed by atoms with Gasteiger partial charge in [-0.2, -0.15) is 0 Å². The van der Waals surface area contributed by atoms with Crippen LogP contribution < -0.4 is 5.32 Å². The Morgan fingerprint density at radius 1 is 1.00 bits per heavy atom. The highest BCUT2D eigenvalue weighted by Gasteiger charge is 2.26. The van der Waals surface area contributed by atoms with Crippen molar-refractivity contribution in [2.75, 3.05) is 32.4 Å². The van der Waals surface area contributed by atoms with Crippen LogP contribution in [0.2, 0.25) is 0 Å². The number of nitrogens with zero attached hydrogens (tertiary/aromatic N) is 1. The molecule has 37 heavy (non-hydrogen) atoms. The number of rotatable bonds is 14. The first-order chi connectivity index (χ1) is 16.8. The van der Waals surface area contributed by atoms with Gasteiger partial charge in [0, 0.05) is 17.9 Å². The van der Waals surface area contributed by atoms with E-state index in [0.717, 1.165) is 75.8 Å². The normalized spacial score (nSPS) is 15.1. The molecule has 210 valence electrons. The van der Waals surface area contributed by atoms with Crippen molar-refractivity contribution in [1.29, 1.82) is 0 Å². The summed E-state index contributed by atoms with van der Waals surface area (Å²) in [5.74, 6) is 0.0577. The number of nitrogens with one attached hydrogen (secondary N) is 1. The molecule has 0 spiro atoms. The molecule has 3 rings (SSSR count). The van der Waals surface area contributed by atoms with Crippen LogP contribution in [0, 0.1) is 0 Å². The topological polar surface area (TPSA) is 89.9 Å². The molecule has 1 aliphatic rings. The van der Waals surface area contributed by atoms with Gasteiger partial charge >= 0.3 is 0 Å². The van der Waals surface area contributed by atoms with E-state index in [4.69, 9.17) is 0 Å². The molecule has 0 saturated heterocycles. The van der Waals surface area contributed by atoms with E-state index in [2.05, 4.69) is 17.1 Å². The molecule has 0 saturated carbocycles. The number of sulfone groups is 1. The summed E-state index contributed by atoms with van der Waals surface area (Å²) in [6.45, 7) is 6.29. The van der Waals surface area contributed by atoms with Gasteiger partial charge in [-0.3, -0.25) is 0 Å². The fourth-order valence-corrected chi connectivity index (χ4v) is 5.78. The fraction of sp³-hybridized carbons (Fsp3) is 0.571. The van der Waals surface area contributed by atoms with Gasteiger partial charge in [-0.1, -0.05) is 38.0 Å². The number of halogens is 2. The summed E-state index contributed by atoms with van der Waals surface area (Å²) in [6.07, 6.45) is 10.8. The quantitative estimate of drug-likeness (QED) is 0.180. The molecule has 2 aromatic carbocycles. The molecular weight excluding hydrogens is 620 g/mol. The van der Waals surface area contributed by atoms with E-state index >= 15 is 0 Å². The highest BCUT2D eigenvalue weighted by molar-refractivity contribution is 8.93. The van der Waals surface area contributed by atoms with Crippen molar-refractivity contribution in [2.45, 2.75) is 75.6 Å². The average molecular weight is 665 g/mol. The lowest BCUT2D eigenvalue weighted by atomic mass is 9.86. The molecule has 0 aromatic heterocycles.